The molecule has 1 heterocycles. The highest BCUT2D eigenvalue weighted by atomic mass is 32.1. The lowest BCUT2D eigenvalue weighted by molar-refractivity contribution is -0.140. The average molecular weight is 276 g/mol. The molecule has 1 rings (SSSR count). The summed E-state index contributed by atoms with van der Waals surface area (Å²) in [5.74, 6) is -4.03. The lowest BCUT2D eigenvalue weighted by atomic mass is 9.81. The van der Waals surface area contributed by atoms with E-state index in [-0.39, 0.29) is 12.0 Å². The highest BCUT2D eigenvalue weighted by Gasteiger charge is 2.40. The van der Waals surface area contributed by atoms with Crippen LogP contribution in [0.1, 0.15) is 42.0 Å². The van der Waals surface area contributed by atoms with Gasteiger partial charge in [-0.2, -0.15) is 0 Å². The summed E-state index contributed by atoms with van der Waals surface area (Å²) in [7, 11) is 0. The molecule has 0 fully saturated rings. The van der Waals surface area contributed by atoms with Crippen molar-refractivity contribution in [3.8, 4) is 0 Å². The number of rotatable bonds is 5. The zero-order chi connectivity index (χ0) is 14.1. The fourth-order valence-electron chi connectivity index (χ4n) is 2.16. The Kier molecular flexibility index (Phi) is 4.15. The van der Waals surface area contributed by atoms with Crippen molar-refractivity contribution in [2.75, 3.05) is 0 Å². The number of alkyl halides is 2. The van der Waals surface area contributed by atoms with Gasteiger partial charge in [0.2, 0.25) is 0 Å². The van der Waals surface area contributed by atoms with E-state index >= 15 is 0 Å². The Bertz CT molecular complexity index is 450. The van der Waals surface area contributed by atoms with Crippen molar-refractivity contribution in [1.29, 1.82) is 0 Å². The zero-order valence-corrected chi connectivity index (χ0v) is 11.8. The summed E-state index contributed by atoms with van der Waals surface area (Å²) >= 11 is 1.34. The quantitative estimate of drug-likeness (QED) is 0.868. The molecule has 1 aromatic rings. The summed E-state index contributed by atoms with van der Waals surface area (Å²) in [6.45, 7) is 6.58. The fraction of sp³-hybridized carbons (Fsp3) is 0.615. The first kappa shape index (κ1) is 15.1. The molecule has 1 aromatic heterocycles. The van der Waals surface area contributed by atoms with E-state index in [1.165, 1.54) is 17.4 Å². The molecule has 0 unspecified atom stereocenters. The molecular weight excluding hydrogens is 258 g/mol. The minimum absolute atomic E-state index is 0.0310. The Balaban J connectivity index is 2.94. The number of carboxylic acid groups (broad SMARTS) is 1. The molecular formula is C13H18F2O2S. The van der Waals surface area contributed by atoms with Gasteiger partial charge in [0, 0.05) is 21.7 Å². The number of hydrogen-bond donors (Lipinski definition) is 1. The Morgan fingerprint density at radius 1 is 1.39 bits per heavy atom. The second-order valence-corrected chi connectivity index (χ2v) is 6.90. The van der Waals surface area contributed by atoms with Crippen molar-refractivity contribution in [3.05, 3.63) is 21.4 Å². The first-order chi connectivity index (χ1) is 8.03. The number of carboxylic acids is 1. The van der Waals surface area contributed by atoms with Gasteiger partial charge in [-0.05, 0) is 25.3 Å². The Labute approximate surface area is 110 Å². The molecule has 102 valence electrons. The van der Waals surface area contributed by atoms with Gasteiger partial charge in [0.25, 0.3) is 5.92 Å². The predicted molar refractivity (Wildman–Crippen MR) is 68.3 cm³/mol. The molecule has 0 saturated carbocycles. The standard InChI is InChI=1S/C13H18F2O2S/c1-8-5-10(9(2)18-8)13(14,15)7-12(3,4)6-11(16)17/h5H,6-7H2,1-4H3,(H,16,17). The van der Waals surface area contributed by atoms with Crippen molar-refractivity contribution in [1.82, 2.24) is 0 Å². The van der Waals surface area contributed by atoms with Crippen LogP contribution in [0.15, 0.2) is 6.07 Å². The zero-order valence-electron chi connectivity index (χ0n) is 11.0. The highest BCUT2D eigenvalue weighted by Crippen LogP contribution is 2.44. The Morgan fingerprint density at radius 2 is 1.94 bits per heavy atom. The van der Waals surface area contributed by atoms with Gasteiger partial charge in [0.05, 0.1) is 6.42 Å². The van der Waals surface area contributed by atoms with Gasteiger partial charge in [0.1, 0.15) is 0 Å². The number of hydrogen-bond acceptors (Lipinski definition) is 2. The topological polar surface area (TPSA) is 37.3 Å². The van der Waals surface area contributed by atoms with Crippen molar-refractivity contribution in [2.24, 2.45) is 5.41 Å². The molecule has 0 aliphatic heterocycles. The monoisotopic (exact) mass is 276 g/mol. The van der Waals surface area contributed by atoms with Crippen LogP contribution >= 0.6 is 11.3 Å². The van der Waals surface area contributed by atoms with E-state index in [1.807, 2.05) is 0 Å². The molecule has 0 aromatic carbocycles. The van der Waals surface area contributed by atoms with E-state index in [0.29, 0.717) is 4.88 Å². The van der Waals surface area contributed by atoms with Gasteiger partial charge in [-0.15, -0.1) is 11.3 Å². The van der Waals surface area contributed by atoms with Crippen LogP contribution in [0.4, 0.5) is 8.78 Å². The third-order valence-electron chi connectivity index (χ3n) is 2.77. The van der Waals surface area contributed by atoms with Crippen molar-refractivity contribution in [3.63, 3.8) is 0 Å². The average Bonchev–Trinajstić information content (AvgIpc) is 2.40. The lowest BCUT2D eigenvalue weighted by Crippen LogP contribution is -2.26. The highest BCUT2D eigenvalue weighted by molar-refractivity contribution is 7.12. The third kappa shape index (κ3) is 3.77. The Hall–Kier alpha value is -0.970. The van der Waals surface area contributed by atoms with E-state index in [9.17, 15) is 13.6 Å². The minimum Gasteiger partial charge on any atom is -0.481 e. The van der Waals surface area contributed by atoms with Gasteiger partial charge in [-0.25, -0.2) is 8.78 Å². The molecule has 0 amide bonds. The van der Waals surface area contributed by atoms with Gasteiger partial charge in [0.15, 0.2) is 0 Å². The van der Waals surface area contributed by atoms with E-state index in [2.05, 4.69) is 0 Å². The maximum absolute atomic E-state index is 14.2. The van der Waals surface area contributed by atoms with Crippen LogP contribution in [-0.2, 0) is 10.7 Å². The number of thiophene rings is 1. The normalized spacial score (nSPS) is 12.8. The van der Waals surface area contributed by atoms with Crippen molar-refractivity contribution >= 4 is 17.3 Å². The summed E-state index contributed by atoms with van der Waals surface area (Å²) in [5, 5.41) is 8.73. The first-order valence-corrected chi connectivity index (χ1v) is 6.52. The third-order valence-corrected chi connectivity index (χ3v) is 3.73. The molecule has 18 heavy (non-hydrogen) atoms. The number of carbonyl (C=O) groups is 1. The van der Waals surface area contributed by atoms with Gasteiger partial charge < -0.3 is 5.11 Å². The van der Waals surface area contributed by atoms with E-state index in [4.69, 9.17) is 5.11 Å². The molecule has 0 spiro atoms. The van der Waals surface area contributed by atoms with Crippen LogP contribution in [0, 0.1) is 19.3 Å². The SMILES string of the molecule is Cc1cc(C(F)(F)CC(C)(C)CC(=O)O)c(C)s1. The summed E-state index contributed by atoms with van der Waals surface area (Å²) in [5.41, 5.74) is -0.902. The molecule has 0 bridgehead atoms. The first-order valence-electron chi connectivity index (χ1n) is 5.71. The predicted octanol–water partition coefficient (Wildman–Crippen LogP) is 4.35. The number of aliphatic carboxylic acids is 1. The second-order valence-electron chi connectivity index (χ2n) is 5.44. The fourth-order valence-corrected chi connectivity index (χ4v) is 3.14. The van der Waals surface area contributed by atoms with Gasteiger partial charge >= 0.3 is 5.97 Å². The smallest absolute Gasteiger partial charge is 0.303 e. The summed E-state index contributed by atoms with van der Waals surface area (Å²) < 4.78 is 28.4. The van der Waals surface area contributed by atoms with Crippen molar-refractivity contribution in [2.45, 2.75) is 46.5 Å². The summed E-state index contributed by atoms with van der Waals surface area (Å²) in [6.07, 6.45) is -0.714. The number of aryl methyl sites for hydroxylation is 2. The molecule has 0 aliphatic rings. The van der Waals surface area contributed by atoms with E-state index in [1.54, 1.807) is 27.7 Å². The Morgan fingerprint density at radius 3 is 2.33 bits per heavy atom. The van der Waals surface area contributed by atoms with Crippen LogP contribution in [0.2, 0.25) is 0 Å². The maximum Gasteiger partial charge on any atom is 0.303 e. The van der Waals surface area contributed by atoms with E-state index in [0.717, 1.165) is 4.88 Å². The van der Waals surface area contributed by atoms with E-state index < -0.39 is 23.7 Å². The van der Waals surface area contributed by atoms with Crippen LogP contribution in [0.3, 0.4) is 0 Å². The largest absolute Gasteiger partial charge is 0.481 e. The van der Waals surface area contributed by atoms with Crippen LogP contribution in [0.5, 0.6) is 0 Å². The molecule has 1 N–H and O–H groups in total. The molecule has 0 atom stereocenters. The molecule has 0 radical (unpaired) electrons. The lowest BCUT2D eigenvalue weighted by Gasteiger charge is -2.28. The minimum atomic E-state index is -2.98. The second kappa shape index (κ2) is 4.96. The van der Waals surface area contributed by atoms with Crippen LogP contribution < -0.4 is 0 Å². The molecule has 0 aliphatic carbocycles. The molecule has 2 nitrogen and oxygen atoms in total. The summed E-state index contributed by atoms with van der Waals surface area (Å²) in [6, 6.07) is 1.50. The van der Waals surface area contributed by atoms with Crippen LogP contribution in [0.25, 0.3) is 0 Å². The van der Waals surface area contributed by atoms with Gasteiger partial charge in [-0.3, -0.25) is 4.79 Å². The molecule has 5 heteroatoms. The summed E-state index contributed by atoms with van der Waals surface area (Å²) in [4.78, 5) is 12.1. The molecule has 0 saturated heterocycles. The van der Waals surface area contributed by atoms with Gasteiger partial charge in [-0.1, -0.05) is 13.8 Å². The number of halogens is 2. The van der Waals surface area contributed by atoms with Crippen molar-refractivity contribution < 1.29 is 18.7 Å². The van der Waals surface area contributed by atoms with Crippen LogP contribution in [-0.4, -0.2) is 11.1 Å². The maximum atomic E-state index is 14.2.